The molecule has 0 saturated carbocycles. The number of fused-ring (bicyclic) bond motifs is 2. The maximum Gasteiger partial charge on any atom is 0.231 e. The van der Waals surface area contributed by atoms with Crippen molar-refractivity contribution in [1.29, 1.82) is 0 Å². The number of carbonyl (C=O) groups excluding carboxylic acids is 2. The highest BCUT2D eigenvalue weighted by Crippen LogP contribution is 2.33. The van der Waals surface area contributed by atoms with Crippen molar-refractivity contribution in [1.82, 2.24) is 0 Å². The fourth-order valence-corrected chi connectivity index (χ4v) is 3.16. The normalized spacial score (nSPS) is 13.6. The maximum atomic E-state index is 12.1. The molecule has 0 radical (unpaired) electrons. The van der Waals surface area contributed by atoms with Gasteiger partial charge in [0.15, 0.2) is 23.0 Å². The van der Waals surface area contributed by atoms with E-state index in [1.54, 1.807) is 0 Å². The molecule has 0 bridgehead atoms. The number of benzene rings is 2. The van der Waals surface area contributed by atoms with Crippen molar-refractivity contribution in [2.45, 2.75) is 32.1 Å². The van der Waals surface area contributed by atoms with Crippen LogP contribution in [0.1, 0.15) is 30.4 Å². The molecular formula is C21H20O6. The maximum absolute atomic E-state index is 12.1. The number of hydrogen-bond acceptors (Lipinski definition) is 6. The summed E-state index contributed by atoms with van der Waals surface area (Å²) in [5, 5.41) is 0. The van der Waals surface area contributed by atoms with Crippen LogP contribution in [0.3, 0.4) is 0 Å². The largest absolute Gasteiger partial charge is 0.454 e. The molecule has 6 heteroatoms. The Kier molecular flexibility index (Phi) is 4.96. The van der Waals surface area contributed by atoms with Crippen LogP contribution in [0.25, 0.3) is 0 Å². The predicted molar refractivity (Wildman–Crippen MR) is 96.4 cm³/mol. The lowest BCUT2D eigenvalue weighted by atomic mass is 10.0. The first-order valence-electron chi connectivity index (χ1n) is 8.98. The van der Waals surface area contributed by atoms with E-state index in [1.165, 1.54) is 0 Å². The van der Waals surface area contributed by atoms with E-state index in [-0.39, 0.29) is 31.6 Å². The first-order valence-corrected chi connectivity index (χ1v) is 8.98. The van der Waals surface area contributed by atoms with Crippen LogP contribution in [-0.2, 0) is 22.4 Å². The number of hydrogen-bond donors (Lipinski definition) is 0. The lowest BCUT2D eigenvalue weighted by Gasteiger charge is -2.04. The summed E-state index contributed by atoms with van der Waals surface area (Å²) in [6, 6.07) is 11.3. The van der Waals surface area contributed by atoms with Gasteiger partial charge in [-0.1, -0.05) is 12.1 Å². The van der Waals surface area contributed by atoms with Crippen molar-refractivity contribution in [3.8, 4) is 23.0 Å². The average Bonchev–Trinajstić information content (AvgIpc) is 3.32. The van der Waals surface area contributed by atoms with Gasteiger partial charge in [-0.2, -0.15) is 0 Å². The molecule has 0 saturated heterocycles. The molecule has 140 valence electrons. The van der Waals surface area contributed by atoms with E-state index >= 15 is 0 Å². The zero-order valence-corrected chi connectivity index (χ0v) is 14.9. The van der Waals surface area contributed by atoms with Crippen LogP contribution in [0.4, 0.5) is 0 Å². The monoisotopic (exact) mass is 368 g/mol. The van der Waals surface area contributed by atoms with Crippen LogP contribution >= 0.6 is 0 Å². The third-order valence-electron chi connectivity index (χ3n) is 4.65. The van der Waals surface area contributed by atoms with Crippen LogP contribution in [-0.4, -0.2) is 25.2 Å². The van der Waals surface area contributed by atoms with Gasteiger partial charge in [-0.15, -0.1) is 0 Å². The van der Waals surface area contributed by atoms with Gasteiger partial charge in [-0.25, -0.2) is 0 Å². The van der Waals surface area contributed by atoms with Gasteiger partial charge in [0.05, 0.1) is 6.42 Å². The molecule has 2 aliphatic rings. The van der Waals surface area contributed by atoms with Gasteiger partial charge in [-0.3, -0.25) is 9.59 Å². The van der Waals surface area contributed by atoms with E-state index in [9.17, 15) is 9.59 Å². The van der Waals surface area contributed by atoms with Crippen LogP contribution in [0.5, 0.6) is 23.0 Å². The fourth-order valence-electron chi connectivity index (χ4n) is 3.16. The lowest BCUT2D eigenvalue weighted by molar-refractivity contribution is -0.126. The Morgan fingerprint density at radius 1 is 0.667 bits per heavy atom. The van der Waals surface area contributed by atoms with Gasteiger partial charge in [0.25, 0.3) is 0 Å². The molecule has 0 aliphatic carbocycles. The molecule has 0 spiro atoms. The minimum absolute atomic E-state index is 0.0187. The van der Waals surface area contributed by atoms with Crippen molar-refractivity contribution in [3.05, 3.63) is 47.5 Å². The lowest BCUT2D eigenvalue weighted by Crippen LogP contribution is -2.09. The first kappa shape index (κ1) is 17.4. The Labute approximate surface area is 157 Å². The molecule has 2 aromatic carbocycles. The summed E-state index contributed by atoms with van der Waals surface area (Å²) in [7, 11) is 0. The summed E-state index contributed by atoms with van der Waals surface area (Å²) >= 11 is 0. The second-order valence-electron chi connectivity index (χ2n) is 6.63. The second-order valence-corrected chi connectivity index (χ2v) is 6.63. The van der Waals surface area contributed by atoms with Crippen LogP contribution in [0.15, 0.2) is 36.4 Å². The standard InChI is InChI=1S/C21H20O6/c22-16(5-1-14-3-7-18-20(9-14)26-12-24-18)11-17(23)6-2-15-4-8-19-21(10-15)27-13-25-19/h3-4,7-10H,1-2,5-6,11-13H2. The smallest absolute Gasteiger partial charge is 0.231 e. The third-order valence-corrected chi connectivity index (χ3v) is 4.65. The molecule has 6 nitrogen and oxygen atoms in total. The summed E-state index contributed by atoms with van der Waals surface area (Å²) < 4.78 is 21.2. The summed E-state index contributed by atoms with van der Waals surface area (Å²) in [5.41, 5.74) is 2.00. The van der Waals surface area contributed by atoms with Crippen molar-refractivity contribution in [2.24, 2.45) is 0 Å². The van der Waals surface area contributed by atoms with E-state index in [0.29, 0.717) is 37.2 Å². The molecule has 0 aromatic heterocycles. The Balaban J connectivity index is 1.21. The number of Topliss-reactive ketones (excluding diaryl/α,β-unsaturated/α-hetero) is 2. The molecule has 4 rings (SSSR count). The molecule has 0 fully saturated rings. The molecule has 2 heterocycles. The van der Waals surface area contributed by atoms with Crippen molar-refractivity contribution in [3.63, 3.8) is 0 Å². The summed E-state index contributed by atoms with van der Waals surface area (Å²) in [6.45, 7) is 0.463. The SMILES string of the molecule is O=C(CCc1ccc2c(c1)OCO2)CC(=O)CCc1ccc2c(c1)OCO2. The zero-order chi connectivity index (χ0) is 18.6. The molecule has 27 heavy (non-hydrogen) atoms. The molecule has 0 unspecified atom stereocenters. The van der Waals surface area contributed by atoms with Crippen LogP contribution < -0.4 is 18.9 Å². The van der Waals surface area contributed by atoms with Crippen molar-refractivity contribution < 1.29 is 28.5 Å². The molecule has 0 N–H and O–H groups in total. The van der Waals surface area contributed by atoms with E-state index < -0.39 is 0 Å². The van der Waals surface area contributed by atoms with Gasteiger partial charge in [0, 0.05) is 12.8 Å². The van der Waals surface area contributed by atoms with E-state index in [0.717, 1.165) is 22.6 Å². The number of ketones is 2. The molecular weight excluding hydrogens is 348 g/mol. The van der Waals surface area contributed by atoms with Gasteiger partial charge in [0.2, 0.25) is 13.6 Å². The quantitative estimate of drug-likeness (QED) is 0.666. The number of ether oxygens (including phenoxy) is 4. The Bertz CT molecular complexity index is 801. The predicted octanol–water partition coefficient (Wildman–Crippen LogP) is 3.24. The van der Waals surface area contributed by atoms with Crippen LogP contribution in [0.2, 0.25) is 0 Å². The summed E-state index contributed by atoms with van der Waals surface area (Å²) in [4.78, 5) is 24.2. The zero-order valence-electron chi connectivity index (χ0n) is 14.9. The van der Waals surface area contributed by atoms with Gasteiger partial charge in [0.1, 0.15) is 11.6 Å². The molecule has 2 aliphatic heterocycles. The van der Waals surface area contributed by atoms with E-state index in [1.807, 2.05) is 36.4 Å². The number of rotatable bonds is 8. The minimum atomic E-state index is -0.0386. The summed E-state index contributed by atoms with van der Waals surface area (Å²) in [5.74, 6) is 2.79. The Hall–Kier alpha value is -3.02. The highest BCUT2D eigenvalue weighted by atomic mass is 16.7. The number of aryl methyl sites for hydroxylation is 2. The second kappa shape index (κ2) is 7.70. The average molecular weight is 368 g/mol. The van der Waals surface area contributed by atoms with E-state index in [4.69, 9.17) is 18.9 Å². The third kappa shape index (κ3) is 4.22. The van der Waals surface area contributed by atoms with E-state index in [2.05, 4.69) is 0 Å². The number of carbonyl (C=O) groups is 2. The first-order chi connectivity index (χ1) is 13.2. The topological polar surface area (TPSA) is 71.1 Å². The summed E-state index contributed by atoms with van der Waals surface area (Å²) in [6.07, 6.45) is 1.84. The van der Waals surface area contributed by atoms with Gasteiger partial charge in [-0.05, 0) is 48.2 Å². The fraction of sp³-hybridized carbons (Fsp3) is 0.333. The van der Waals surface area contributed by atoms with Gasteiger partial charge < -0.3 is 18.9 Å². The molecule has 0 amide bonds. The molecule has 2 aromatic rings. The van der Waals surface area contributed by atoms with Crippen LogP contribution in [0, 0.1) is 0 Å². The van der Waals surface area contributed by atoms with Crippen molar-refractivity contribution >= 4 is 11.6 Å². The van der Waals surface area contributed by atoms with Crippen molar-refractivity contribution in [2.75, 3.05) is 13.6 Å². The minimum Gasteiger partial charge on any atom is -0.454 e. The highest BCUT2D eigenvalue weighted by molar-refractivity contribution is 5.99. The highest BCUT2D eigenvalue weighted by Gasteiger charge is 2.16. The molecule has 0 atom stereocenters. The Morgan fingerprint density at radius 3 is 1.59 bits per heavy atom. The van der Waals surface area contributed by atoms with Gasteiger partial charge >= 0.3 is 0 Å². The Morgan fingerprint density at radius 2 is 1.11 bits per heavy atom.